The van der Waals surface area contributed by atoms with Crippen LogP contribution in [0.2, 0.25) is 0 Å². The molecule has 0 aliphatic carbocycles. The highest BCUT2D eigenvalue weighted by Crippen LogP contribution is 2.23. The summed E-state index contributed by atoms with van der Waals surface area (Å²) < 4.78 is 10.8. The first kappa shape index (κ1) is 16.9. The minimum Gasteiger partial charge on any atom is -0.389 e. The number of aromatic nitrogens is 1. The molecule has 0 spiro atoms. The van der Waals surface area contributed by atoms with Gasteiger partial charge in [0.1, 0.15) is 5.82 Å². The van der Waals surface area contributed by atoms with Crippen LogP contribution in [0.3, 0.4) is 0 Å². The summed E-state index contributed by atoms with van der Waals surface area (Å²) >= 11 is 0. The summed E-state index contributed by atoms with van der Waals surface area (Å²) in [5.41, 5.74) is 0.834. The Kier molecular flexibility index (Phi) is 8.18. The molecule has 1 N–H and O–H groups in total. The Balaban J connectivity index is 2.79. The van der Waals surface area contributed by atoms with Crippen molar-refractivity contribution in [1.29, 1.82) is 0 Å². The molecule has 1 rings (SSSR count). The standard InChI is InChI=1S/C15H26N2O3/c1-4-19-11-9-17(10-12-20-5-2)15-14(13(3)18)7-6-8-16-15/h6-8,13,18H,4-5,9-12H2,1-3H3. The van der Waals surface area contributed by atoms with Gasteiger partial charge in [-0.15, -0.1) is 0 Å². The summed E-state index contributed by atoms with van der Waals surface area (Å²) in [6.45, 7) is 9.85. The van der Waals surface area contributed by atoms with Crippen LogP contribution in [0, 0.1) is 0 Å². The lowest BCUT2D eigenvalue weighted by molar-refractivity contribution is 0.140. The van der Waals surface area contributed by atoms with E-state index in [0.29, 0.717) is 26.4 Å². The zero-order chi connectivity index (χ0) is 14.8. The highest BCUT2D eigenvalue weighted by atomic mass is 16.5. The number of hydrogen-bond acceptors (Lipinski definition) is 5. The SMILES string of the molecule is CCOCCN(CCOCC)c1ncccc1C(C)O. The lowest BCUT2D eigenvalue weighted by Gasteiger charge is -2.26. The molecule has 1 unspecified atom stereocenters. The van der Waals surface area contributed by atoms with Gasteiger partial charge in [0.05, 0.1) is 19.3 Å². The van der Waals surface area contributed by atoms with E-state index in [-0.39, 0.29) is 0 Å². The van der Waals surface area contributed by atoms with E-state index in [1.54, 1.807) is 13.1 Å². The van der Waals surface area contributed by atoms with Gasteiger partial charge in [-0.3, -0.25) is 0 Å². The minimum absolute atomic E-state index is 0.541. The van der Waals surface area contributed by atoms with E-state index in [1.807, 2.05) is 26.0 Å². The molecule has 0 fully saturated rings. The number of anilines is 1. The molecule has 0 amide bonds. The Hall–Kier alpha value is -1.17. The summed E-state index contributed by atoms with van der Waals surface area (Å²) in [5, 5.41) is 9.87. The molecule has 0 aliphatic heterocycles. The second kappa shape index (κ2) is 9.69. The third kappa shape index (κ3) is 5.45. The maximum absolute atomic E-state index is 9.87. The van der Waals surface area contributed by atoms with Crippen LogP contribution in [-0.4, -0.2) is 49.6 Å². The van der Waals surface area contributed by atoms with Gasteiger partial charge >= 0.3 is 0 Å². The number of nitrogens with zero attached hydrogens (tertiary/aromatic N) is 2. The van der Waals surface area contributed by atoms with Crippen molar-refractivity contribution in [2.45, 2.75) is 26.9 Å². The summed E-state index contributed by atoms with van der Waals surface area (Å²) in [6, 6.07) is 3.75. The van der Waals surface area contributed by atoms with Gasteiger partial charge in [0.15, 0.2) is 0 Å². The van der Waals surface area contributed by atoms with Crippen molar-refractivity contribution >= 4 is 5.82 Å². The Morgan fingerprint density at radius 2 is 1.80 bits per heavy atom. The number of aliphatic hydroxyl groups is 1. The number of aliphatic hydroxyl groups excluding tert-OH is 1. The van der Waals surface area contributed by atoms with Crippen molar-refractivity contribution in [2.24, 2.45) is 0 Å². The van der Waals surface area contributed by atoms with Gasteiger partial charge in [-0.2, -0.15) is 0 Å². The van der Waals surface area contributed by atoms with Gasteiger partial charge in [-0.1, -0.05) is 6.07 Å². The highest BCUT2D eigenvalue weighted by molar-refractivity contribution is 5.47. The van der Waals surface area contributed by atoms with Crippen LogP contribution in [0.4, 0.5) is 5.82 Å². The van der Waals surface area contributed by atoms with E-state index in [0.717, 1.165) is 24.5 Å². The molecule has 114 valence electrons. The average molecular weight is 282 g/mol. The van der Waals surface area contributed by atoms with Crippen molar-refractivity contribution in [3.8, 4) is 0 Å². The van der Waals surface area contributed by atoms with Crippen LogP contribution in [0.1, 0.15) is 32.4 Å². The van der Waals surface area contributed by atoms with Crippen molar-refractivity contribution in [3.05, 3.63) is 23.9 Å². The average Bonchev–Trinajstić information content (AvgIpc) is 2.46. The predicted molar refractivity (Wildman–Crippen MR) is 80.1 cm³/mol. The quantitative estimate of drug-likeness (QED) is 0.665. The van der Waals surface area contributed by atoms with Crippen LogP contribution in [0.5, 0.6) is 0 Å². The summed E-state index contributed by atoms with van der Waals surface area (Å²) in [4.78, 5) is 6.52. The molecule has 5 nitrogen and oxygen atoms in total. The Labute approximate surface area is 121 Å². The van der Waals surface area contributed by atoms with E-state index in [1.165, 1.54) is 0 Å². The summed E-state index contributed by atoms with van der Waals surface area (Å²) in [5.74, 6) is 0.807. The molecule has 1 aromatic rings. The van der Waals surface area contributed by atoms with Crippen molar-refractivity contribution in [1.82, 2.24) is 4.98 Å². The Bertz CT molecular complexity index is 362. The van der Waals surface area contributed by atoms with Crippen molar-refractivity contribution in [2.75, 3.05) is 44.4 Å². The zero-order valence-electron chi connectivity index (χ0n) is 12.7. The summed E-state index contributed by atoms with van der Waals surface area (Å²) in [6.07, 6.45) is 1.20. The first-order valence-electron chi connectivity index (χ1n) is 7.24. The highest BCUT2D eigenvalue weighted by Gasteiger charge is 2.15. The summed E-state index contributed by atoms with van der Waals surface area (Å²) in [7, 11) is 0. The Morgan fingerprint density at radius 1 is 1.20 bits per heavy atom. The van der Waals surface area contributed by atoms with E-state index >= 15 is 0 Å². The lowest BCUT2D eigenvalue weighted by Crippen LogP contribution is -2.32. The second-order valence-electron chi connectivity index (χ2n) is 4.47. The van der Waals surface area contributed by atoms with Crippen LogP contribution in [0.25, 0.3) is 0 Å². The van der Waals surface area contributed by atoms with Crippen LogP contribution in [-0.2, 0) is 9.47 Å². The topological polar surface area (TPSA) is 54.8 Å². The van der Waals surface area contributed by atoms with E-state index in [9.17, 15) is 5.11 Å². The fourth-order valence-corrected chi connectivity index (χ4v) is 1.96. The monoisotopic (exact) mass is 282 g/mol. The molecular formula is C15H26N2O3. The van der Waals surface area contributed by atoms with Gasteiger partial charge in [0.2, 0.25) is 0 Å². The number of ether oxygens (including phenoxy) is 2. The third-order valence-electron chi connectivity index (χ3n) is 2.99. The van der Waals surface area contributed by atoms with Crippen molar-refractivity contribution in [3.63, 3.8) is 0 Å². The molecule has 0 aromatic carbocycles. The van der Waals surface area contributed by atoms with Gasteiger partial charge in [-0.05, 0) is 26.8 Å². The smallest absolute Gasteiger partial charge is 0.134 e. The van der Waals surface area contributed by atoms with Crippen LogP contribution < -0.4 is 4.90 Å². The molecule has 1 heterocycles. The number of rotatable bonds is 10. The van der Waals surface area contributed by atoms with E-state index in [4.69, 9.17) is 9.47 Å². The molecule has 20 heavy (non-hydrogen) atoms. The molecule has 0 bridgehead atoms. The minimum atomic E-state index is -0.541. The molecule has 0 saturated heterocycles. The van der Waals surface area contributed by atoms with Crippen LogP contribution in [0.15, 0.2) is 18.3 Å². The maximum atomic E-state index is 9.87. The van der Waals surface area contributed by atoms with E-state index in [2.05, 4.69) is 9.88 Å². The third-order valence-corrected chi connectivity index (χ3v) is 2.99. The Morgan fingerprint density at radius 3 is 2.30 bits per heavy atom. The molecular weight excluding hydrogens is 256 g/mol. The van der Waals surface area contributed by atoms with Crippen LogP contribution >= 0.6 is 0 Å². The van der Waals surface area contributed by atoms with Gasteiger partial charge in [0.25, 0.3) is 0 Å². The molecule has 1 aromatic heterocycles. The number of pyridine rings is 1. The fourth-order valence-electron chi connectivity index (χ4n) is 1.96. The second-order valence-corrected chi connectivity index (χ2v) is 4.47. The normalized spacial score (nSPS) is 12.4. The molecule has 0 saturated carbocycles. The molecule has 0 aliphatic rings. The van der Waals surface area contributed by atoms with Gasteiger partial charge < -0.3 is 19.5 Å². The zero-order valence-corrected chi connectivity index (χ0v) is 12.7. The largest absolute Gasteiger partial charge is 0.389 e. The van der Waals surface area contributed by atoms with Gasteiger partial charge in [0, 0.05) is 38.1 Å². The molecule has 0 radical (unpaired) electrons. The van der Waals surface area contributed by atoms with Crippen molar-refractivity contribution < 1.29 is 14.6 Å². The maximum Gasteiger partial charge on any atom is 0.134 e. The first-order chi connectivity index (χ1) is 9.70. The van der Waals surface area contributed by atoms with E-state index < -0.39 is 6.10 Å². The fraction of sp³-hybridized carbons (Fsp3) is 0.667. The molecule has 1 atom stereocenters. The predicted octanol–water partition coefficient (Wildman–Crippen LogP) is 2.01. The number of hydrogen-bond donors (Lipinski definition) is 1. The lowest BCUT2D eigenvalue weighted by atomic mass is 10.1. The van der Waals surface area contributed by atoms with Gasteiger partial charge in [-0.25, -0.2) is 4.98 Å². The molecule has 5 heteroatoms. The first-order valence-corrected chi connectivity index (χ1v) is 7.24.